The van der Waals surface area contributed by atoms with Gasteiger partial charge in [-0.15, -0.1) is 0 Å². The summed E-state index contributed by atoms with van der Waals surface area (Å²) < 4.78 is 96.8. The second-order valence-electron chi connectivity index (χ2n) is 10.4. The molecule has 1 aromatic carbocycles. The summed E-state index contributed by atoms with van der Waals surface area (Å²) in [6.07, 6.45) is -2.26. The summed E-state index contributed by atoms with van der Waals surface area (Å²) in [5, 5.41) is -0.584. The first-order chi connectivity index (χ1) is 16.4. The van der Waals surface area contributed by atoms with E-state index in [1.807, 2.05) is 0 Å². The van der Waals surface area contributed by atoms with Gasteiger partial charge in [0.1, 0.15) is 0 Å². The van der Waals surface area contributed by atoms with E-state index < -0.39 is 35.0 Å². The molecule has 0 N–H and O–H groups in total. The van der Waals surface area contributed by atoms with Gasteiger partial charge in [0.25, 0.3) is 6.17 Å². The maximum Gasteiger partial charge on any atom is 0.439 e. The van der Waals surface area contributed by atoms with Crippen molar-refractivity contribution in [2.24, 2.45) is 11.8 Å². The second-order valence-corrected chi connectivity index (χ2v) is 10.8. The minimum atomic E-state index is -5.87. The number of hydrogen-bond donors (Lipinski definition) is 0. The molecule has 1 aromatic rings. The van der Waals surface area contributed by atoms with Crippen molar-refractivity contribution < 1.29 is 35.5 Å². The van der Waals surface area contributed by atoms with Gasteiger partial charge in [0.05, 0.1) is 5.02 Å². The van der Waals surface area contributed by atoms with Crippen LogP contribution >= 0.6 is 11.6 Å². The molecule has 0 aromatic heterocycles. The van der Waals surface area contributed by atoms with Crippen LogP contribution in [0.5, 0.6) is 5.75 Å². The number of hydrogen-bond acceptors (Lipinski definition) is 1. The maximum absolute atomic E-state index is 14.9. The number of benzene rings is 1. The Hall–Kier alpha value is -1.18. The van der Waals surface area contributed by atoms with E-state index in [-0.39, 0.29) is 5.41 Å². The van der Waals surface area contributed by atoms with E-state index in [1.54, 1.807) is 0 Å². The van der Waals surface area contributed by atoms with E-state index in [0.29, 0.717) is 11.5 Å². The predicted octanol–water partition coefficient (Wildman–Crippen LogP) is 9.94. The molecule has 3 rings (SSSR count). The Balaban J connectivity index is 1.77. The third-order valence-electron chi connectivity index (χ3n) is 7.94. The number of rotatable bonds is 9. The van der Waals surface area contributed by atoms with Gasteiger partial charge in [-0.05, 0) is 60.6 Å². The molecule has 1 atom stereocenters. The van der Waals surface area contributed by atoms with Gasteiger partial charge in [-0.2, -0.15) is 22.0 Å². The molecule has 2 saturated carbocycles. The van der Waals surface area contributed by atoms with Crippen molar-refractivity contribution in [3.05, 3.63) is 28.5 Å². The van der Waals surface area contributed by atoms with Gasteiger partial charge in [-0.1, -0.05) is 76.3 Å². The summed E-state index contributed by atoms with van der Waals surface area (Å²) in [6, 6.07) is 2.34. The Morgan fingerprint density at radius 3 is 2.06 bits per heavy atom. The number of halogens is 8. The quantitative estimate of drug-likeness (QED) is 0.289. The lowest BCUT2D eigenvalue weighted by molar-refractivity contribution is -0.305. The van der Waals surface area contributed by atoms with Crippen LogP contribution in [-0.4, -0.2) is 18.5 Å². The molecule has 2 aliphatic carbocycles. The topological polar surface area (TPSA) is 9.23 Å². The molecule has 0 heterocycles. The first-order valence-corrected chi connectivity index (χ1v) is 13.0. The molecule has 35 heavy (non-hydrogen) atoms. The minimum absolute atomic E-state index is 0.376. The Bertz CT molecular complexity index is 804. The predicted molar refractivity (Wildman–Crippen MR) is 122 cm³/mol. The largest absolute Gasteiger partial charge is 0.439 e. The van der Waals surface area contributed by atoms with Gasteiger partial charge in [-0.25, -0.2) is 8.78 Å². The molecule has 1 nitrogen and oxygen atoms in total. The Morgan fingerprint density at radius 2 is 1.54 bits per heavy atom. The first-order valence-electron chi connectivity index (χ1n) is 12.6. The fourth-order valence-corrected chi connectivity index (χ4v) is 6.20. The molecular weight excluding hydrogens is 497 g/mol. The van der Waals surface area contributed by atoms with Gasteiger partial charge >= 0.3 is 12.3 Å². The Labute approximate surface area is 207 Å². The lowest BCUT2D eigenvalue weighted by Crippen LogP contribution is -2.45. The monoisotopic (exact) mass is 530 g/mol. The van der Waals surface area contributed by atoms with Crippen LogP contribution in [0.15, 0.2) is 12.1 Å². The average Bonchev–Trinajstić information content (AvgIpc) is 2.80. The zero-order valence-corrected chi connectivity index (χ0v) is 20.8. The molecule has 2 fully saturated rings. The van der Waals surface area contributed by atoms with Crippen molar-refractivity contribution in [1.29, 1.82) is 0 Å². The molecule has 0 aliphatic heterocycles. The lowest BCUT2D eigenvalue weighted by Gasteiger charge is -2.40. The van der Waals surface area contributed by atoms with Crippen molar-refractivity contribution in [3.8, 4) is 5.75 Å². The molecule has 9 heteroatoms. The Morgan fingerprint density at radius 1 is 0.971 bits per heavy atom. The third kappa shape index (κ3) is 6.98. The van der Waals surface area contributed by atoms with Gasteiger partial charge in [-0.3, -0.25) is 0 Å². The van der Waals surface area contributed by atoms with Gasteiger partial charge in [0.2, 0.25) is 0 Å². The summed E-state index contributed by atoms with van der Waals surface area (Å²) in [4.78, 5) is 0. The van der Waals surface area contributed by atoms with Crippen LogP contribution in [-0.2, 0) is 5.41 Å². The van der Waals surface area contributed by atoms with Crippen LogP contribution in [0.1, 0.15) is 96.0 Å². The third-order valence-corrected chi connectivity index (χ3v) is 8.22. The summed E-state index contributed by atoms with van der Waals surface area (Å²) in [5.74, 6) is -1.20. The standard InChI is InChI=1S/C26H34ClF7O/c1-2-6-17-7-9-18(10-8-17)11-14-24(12-4-3-5-13-24)19-15-20(27)22(21(28)16-19)35-26(33,34)23(29)25(30,31)32/h15-18,23H,2-14H2,1H3. The van der Waals surface area contributed by atoms with Crippen molar-refractivity contribution in [2.75, 3.05) is 0 Å². The fourth-order valence-electron chi connectivity index (χ4n) is 5.95. The molecule has 0 saturated heterocycles. The van der Waals surface area contributed by atoms with E-state index >= 15 is 0 Å². The molecule has 1 unspecified atom stereocenters. The molecule has 0 spiro atoms. The van der Waals surface area contributed by atoms with E-state index in [0.717, 1.165) is 56.9 Å². The number of ether oxygens (including phenoxy) is 1. The van der Waals surface area contributed by atoms with Gasteiger partial charge in [0.15, 0.2) is 11.6 Å². The minimum Gasteiger partial charge on any atom is -0.425 e. The smallest absolute Gasteiger partial charge is 0.425 e. The highest BCUT2D eigenvalue weighted by molar-refractivity contribution is 6.32. The van der Waals surface area contributed by atoms with Crippen LogP contribution in [0.2, 0.25) is 5.02 Å². The van der Waals surface area contributed by atoms with Crippen LogP contribution in [0.4, 0.5) is 30.7 Å². The summed E-state index contributed by atoms with van der Waals surface area (Å²) in [6.45, 7) is 2.20. The number of alkyl halides is 6. The molecule has 0 radical (unpaired) electrons. The van der Waals surface area contributed by atoms with Gasteiger partial charge in [0, 0.05) is 0 Å². The van der Waals surface area contributed by atoms with E-state index in [1.165, 1.54) is 44.6 Å². The molecule has 2 aliphatic rings. The average molecular weight is 531 g/mol. The van der Waals surface area contributed by atoms with Crippen molar-refractivity contribution in [1.82, 2.24) is 0 Å². The van der Waals surface area contributed by atoms with Gasteiger partial charge < -0.3 is 4.74 Å². The van der Waals surface area contributed by atoms with Crippen molar-refractivity contribution in [2.45, 2.75) is 114 Å². The SMILES string of the molecule is CCCC1CCC(CCC2(c3cc(F)c(OC(F)(F)C(F)C(F)(F)F)c(Cl)c3)CCCCC2)CC1. The van der Waals surface area contributed by atoms with Crippen LogP contribution in [0.3, 0.4) is 0 Å². The van der Waals surface area contributed by atoms with Crippen LogP contribution in [0.25, 0.3) is 0 Å². The normalized spacial score (nSPS) is 24.3. The lowest BCUT2D eigenvalue weighted by atomic mass is 9.65. The highest BCUT2D eigenvalue weighted by Gasteiger charge is 2.59. The second kappa shape index (κ2) is 11.5. The maximum atomic E-state index is 14.9. The summed E-state index contributed by atoms with van der Waals surface area (Å²) in [7, 11) is 0. The van der Waals surface area contributed by atoms with Crippen LogP contribution < -0.4 is 4.74 Å². The zero-order chi connectivity index (χ0) is 25.9. The highest BCUT2D eigenvalue weighted by Crippen LogP contribution is 2.48. The molecule has 200 valence electrons. The molecule has 0 amide bonds. The van der Waals surface area contributed by atoms with E-state index in [2.05, 4.69) is 11.7 Å². The Kier molecular flexibility index (Phi) is 9.31. The zero-order valence-electron chi connectivity index (χ0n) is 20.0. The highest BCUT2D eigenvalue weighted by atomic mass is 35.5. The summed E-state index contributed by atoms with van der Waals surface area (Å²) >= 11 is 6.03. The molecule has 0 bridgehead atoms. The van der Waals surface area contributed by atoms with E-state index in [4.69, 9.17) is 11.6 Å². The van der Waals surface area contributed by atoms with Crippen LogP contribution in [0, 0.1) is 17.7 Å². The first kappa shape index (κ1) is 28.4. The van der Waals surface area contributed by atoms with E-state index in [9.17, 15) is 30.7 Å². The van der Waals surface area contributed by atoms with Crippen molar-refractivity contribution in [3.63, 3.8) is 0 Å². The van der Waals surface area contributed by atoms with Crippen molar-refractivity contribution >= 4 is 11.6 Å². The molecular formula is C26H34ClF7O. The summed E-state index contributed by atoms with van der Waals surface area (Å²) in [5.41, 5.74) is 0.168. The fraction of sp³-hybridized carbons (Fsp3) is 0.769.